The molecule has 3 aromatic carbocycles. The summed E-state index contributed by atoms with van der Waals surface area (Å²) >= 11 is 7.52. The van der Waals surface area contributed by atoms with Crippen molar-refractivity contribution < 1.29 is 9.53 Å². The Bertz CT molecular complexity index is 1170. The Morgan fingerprint density at radius 3 is 2.53 bits per heavy atom. The number of carbonyl (C=O) groups is 1. The van der Waals surface area contributed by atoms with Crippen molar-refractivity contribution in [1.29, 1.82) is 0 Å². The largest absolute Gasteiger partial charge is 0.471 e. The minimum Gasteiger partial charge on any atom is -0.471 e. The Morgan fingerprint density at radius 1 is 1.07 bits per heavy atom. The van der Waals surface area contributed by atoms with E-state index in [1.165, 1.54) is 10.3 Å². The fraction of sp³-hybridized carbons (Fsp3) is 0.130. The third kappa shape index (κ3) is 4.90. The maximum atomic E-state index is 12.2. The van der Waals surface area contributed by atoms with Crippen molar-refractivity contribution in [2.45, 2.75) is 20.1 Å². The summed E-state index contributed by atoms with van der Waals surface area (Å²) in [6.07, 6.45) is -0.503. The fourth-order valence-electron chi connectivity index (χ4n) is 2.95. The summed E-state index contributed by atoms with van der Waals surface area (Å²) in [5, 5.41) is 7.14. The Kier molecular flexibility index (Phi) is 5.88. The van der Waals surface area contributed by atoms with Crippen LogP contribution >= 0.6 is 22.9 Å². The van der Waals surface area contributed by atoms with Crippen molar-refractivity contribution in [2.24, 2.45) is 0 Å². The lowest BCUT2D eigenvalue weighted by atomic mass is 10.2. The first-order valence-corrected chi connectivity index (χ1v) is 10.6. The Labute approximate surface area is 183 Å². The third-order valence-electron chi connectivity index (χ3n) is 4.39. The van der Waals surface area contributed by atoms with Gasteiger partial charge in [-0.15, -0.1) is 11.3 Å². The SMILES string of the molecule is Cc1ccc2nc(-c3ccc(NC(=O)NC(C)Oc4ccc(Cl)cc4)cc3)sc2c1. The molecule has 1 atom stereocenters. The lowest BCUT2D eigenvalue weighted by molar-refractivity contribution is 0.183. The number of hydrogen-bond acceptors (Lipinski definition) is 4. The monoisotopic (exact) mass is 437 g/mol. The smallest absolute Gasteiger partial charge is 0.322 e. The van der Waals surface area contributed by atoms with E-state index >= 15 is 0 Å². The second-order valence-corrected chi connectivity index (χ2v) is 8.35. The Morgan fingerprint density at radius 2 is 1.80 bits per heavy atom. The van der Waals surface area contributed by atoms with Crippen LogP contribution in [0.1, 0.15) is 12.5 Å². The van der Waals surface area contributed by atoms with Gasteiger partial charge in [-0.25, -0.2) is 9.78 Å². The summed E-state index contributed by atoms with van der Waals surface area (Å²) in [5.74, 6) is 0.627. The molecule has 0 spiro atoms. The zero-order chi connectivity index (χ0) is 21.1. The predicted octanol–water partition coefficient (Wildman–Crippen LogP) is 6.47. The van der Waals surface area contributed by atoms with E-state index in [0.29, 0.717) is 16.5 Å². The van der Waals surface area contributed by atoms with E-state index in [-0.39, 0.29) is 6.03 Å². The summed E-state index contributed by atoms with van der Waals surface area (Å²) in [5.41, 5.74) is 3.92. The molecule has 4 rings (SSSR count). The number of nitrogens with zero attached hydrogens (tertiary/aromatic N) is 1. The summed E-state index contributed by atoms with van der Waals surface area (Å²) in [6.45, 7) is 3.83. The lowest BCUT2D eigenvalue weighted by Gasteiger charge is -2.17. The van der Waals surface area contributed by atoms with Gasteiger partial charge in [0.15, 0.2) is 6.23 Å². The molecular formula is C23H20ClN3O2S. The van der Waals surface area contributed by atoms with Crippen molar-refractivity contribution in [2.75, 3.05) is 5.32 Å². The Hall–Kier alpha value is -3.09. The van der Waals surface area contributed by atoms with E-state index in [2.05, 4.69) is 29.7 Å². The van der Waals surface area contributed by atoms with Crippen LogP contribution in [0.15, 0.2) is 66.7 Å². The van der Waals surface area contributed by atoms with Gasteiger partial charge < -0.3 is 15.4 Å². The second kappa shape index (κ2) is 8.73. The highest BCUT2D eigenvalue weighted by Gasteiger charge is 2.10. The molecule has 1 aromatic heterocycles. The predicted molar refractivity (Wildman–Crippen MR) is 123 cm³/mol. The van der Waals surface area contributed by atoms with Gasteiger partial charge in [0.1, 0.15) is 10.8 Å². The molecule has 4 aromatic rings. The normalized spacial score (nSPS) is 11.8. The molecule has 2 amide bonds. The first-order chi connectivity index (χ1) is 14.5. The van der Waals surface area contributed by atoms with Gasteiger partial charge in [-0.2, -0.15) is 0 Å². The molecule has 152 valence electrons. The van der Waals surface area contributed by atoms with Crippen LogP contribution in [0.2, 0.25) is 5.02 Å². The van der Waals surface area contributed by atoms with E-state index in [9.17, 15) is 4.79 Å². The van der Waals surface area contributed by atoms with Gasteiger partial charge in [-0.1, -0.05) is 17.7 Å². The molecule has 0 aliphatic rings. The number of fused-ring (bicyclic) bond motifs is 1. The summed E-state index contributed by atoms with van der Waals surface area (Å²) in [6, 6.07) is 20.5. The van der Waals surface area contributed by atoms with Gasteiger partial charge in [0.25, 0.3) is 0 Å². The van der Waals surface area contributed by atoms with Crippen molar-refractivity contribution in [3.05, 3.63) is 77.3 Å². The number of anilines is 1. The lowest BCUT2D eigenvalue weighted by Crippen LogP contribution is -2.39. The average molecular weight is 438 g/mol. The number of urea groups is 1. The molecule has 0 aliphatic heterocycles. The van der Waals surface area contributed by atoms with Crippen LogP contribution in [0.5, 0.6) is 5.75 Å². The van der Waals surface area contributed by atoms with E-state index in [4.69, 9.17) is 21.3 Å². The third-order valence-corrected chi connectivity index (χ3v) is 5.71. The first kappa shape index (κ1) is 20.2. The van der Waals surface area contributed by atoms with Gasteiger partial charge in [-0.3, -0.25) is 0 Å². The molecule has 0 radical (unpaired) electrons. The molecule has 2 N–H and O–H groups in total. The van der Waals surface area contributed by atoms with Crippen LogP contribution in [-0.4, -0.2) is 17.2 Å². The van der Waals surface area contributed by atoms with Crippen LogP contribution in [0, 0.1) is 6.92 Å². The van der Waals surface area contributed by atoms with Gasteiger partial charge in [0.05, 0.1) is 10.2 Å². The van der Waals surface area contributed by atoms with Gasteiger partial charge in [0, 0.05) is 16.3 Å². The minimum absolute atomic E-state index is 0.348. The number of amides is 2. The van der Waals surface area contributed by atoms with Crippen molar-refractivity contribution in [1.82, 2.24) is 10.3 Å². The van der Waals surface area contributed by atoms with Crippen LogP contribution in [0.4, 0.5) is 10.5 Å². The standard InChI is InChI=1S/C23H20ClN3O2S/c1-14-3-12-20-21(13-14)30-22(27-20)16-4-8-18(9-5-16)26-23(28)25-15(2)29-19-10-6-17(24)7-11-19/h3-13,15H,1-2H3,(H2,25,26,28). The number of ether oxygens (including phenoxy) is 1. The number of rotatable bonds is 5. The first-order valence-electron chi connectivity index (χ1n) is 9.44. The molecule has 0 aliphatic carbocycles. The van der Waals surface area contributed by atoms with Crippen molar-refractivity contribution in [3.63, 3.8) is 0 Å². The fourth-order valence-corrected chi connectivity index (χ4v) is 4.15. The molecule has 1 unspecified atom stereocenters. The molecule has 7 heteroatoms. The molecule has 0 saturated carbocycles. The zero-order valence-electron chi connectivity index (χ0n) is 16.5. The number of aromatic nitrogens is 1. The number of thiazole rings is 1. The van der Waals surface area contributed by atoms with Crippen LogP contribution in [-0.2, 0) is 0 Å². The van der Waals surface area contributed by atoms with Gasteiger partial charge in [-0.05, 0) is 80.1 Å². The average Bonchev–Trinajstić information content (AvgIpc) is 3.13. The molecule has 0 saturated heterocycles. The highest BCUT2D eigenvalue weighted by Crippen LogP contribution is 2.31. The second-order valence-electron chi connectivity index (χ2n) is 6.88. The highest BCUT2D eigenvalue weighted by molar-refractivity contribution is 7.21. The summed E-state index contributed by atoms with van der Waals surface area (Å²) in [4.78, 5) is 16.9. The number of nitrogens with one attached hydrogen (secondary N) is 2. The summed E-state index contributed by atoms with van der Waals surface area (Å²) < 4.78 is 6.82. The number of carbonyl (C=O) groups excluding carboxylic acids is 1. The maximum Gasteiger partial charge on any atom is 0.322 e. The maximum absolute atomic E-state index is 12.2. The molecular weight excluding hydrogens is 418 g/mol. The molecule has 1 heterocycles. The van der Waals surface area contributed by atoms with Crippen LogP contribution < -0.4 is 15.4 Å². The quantitative estimate of drug-likeness (QED) is 0.351. The number of aryl methyl sites for hydroxylation is 1. The van der Waals surface area contributed by atoms with Crippen LogP contribution in [0.25, 0.3) is 20.8 Å². The minimum atomic E-state index is -0.503. The number of benzene rings is 3. The summed E-state index contributed by atoms with van der Waals surface area (Å²) in [7, 11) is 0. The van der Waals surface area contributed by atoms with Crippen molar-refractivity contribution >= 4 is 44.9 Å². The van der Waals surface area contributed by atoms with Gasteiger partial charge >= 0.3 is 6.03 Å². The van der Waals surface area contributed by atoms with E-state index in [1.54, 1.807) is 42.5 Å². The topological polar surface area (TPSA) is 63.2 Å². The van der Waals surface area contributed by atoms with Crippen LogP contribution in [0.3, 0.4) is 0 Å². The number of hydrogen-bond donors (Lipinski definition) is 2. The highest BCUT2D eigenvalue weighted by atomic mass is 35.5. The molecule has 0 fully saturated rings. The molecule has 30 heavy (non-hydrogen) atoms. The number of halogens is 1. The molecule has 0 bridgehead atoms. The van der Waals surface area contributed by atoms with E-state index < -0.39 is 6.23 Å². The van der Waals surface area contributed by atoms with E-state index in [0.717, 1.165) is 16.1 Å². The van der Waals surface area contributed by atoms with E-state index in [1.807, 2.05) is 30.3 Å². The van der Waals surface area contributed by atoms with Crippen molar-refractivity contribution in [3.8, 4) is 16.3 Å². The zero-order valence-corrected chi connectivity index (χ0v) is 18.1. The molecule has 5 nitrogen and oxygen atoms in total. The Balaban J connectivity index is 1.36. The van der Waals surface area contributed by atoms with Gasteiger partial charge in [0.2, 0.25) is 0 Å².